The summed E-state index contributed by atoms with van der Waals surface area (Å²) in [6, 6.07) is 3.35. The molecule has 0 heterocycles. The molecule has 1 rings (SSSR count). The smallest absolute Gasteiger partial charge is 0.318 e. The van der Waals surface area contributed by atoms with E-state index in [-0.39, 0.29) is 24.4 Å². The van der Waals surface area contributed by atoms with Gasteiger partial charge in [-0.2, -0.15) is 16.8 Å². The summed E-state index contributed by atoms with van der Waals surface area (Å²) in [7, 11) is -7.67. The topological polar surface area (TPSA) is 116 Å². The first-order valence-corrected chi connectivity index (χ1v) is 14.2. The van der Waals surface area contributed by atoms with Crippen LogP contribution >= 0.6 is 0 Å². The van der Waals surface area contributed by atoms with Crippen molar-refractivity contribution in [3.63, 3.8) is 0 Å². The Morgan fingerprint density at radius 3 is 1.63 bits per heavy atom. The molecule has 0 aliphatic rings. The molecule has 8 nitrogen and oxygen atoms in total. The van der Waals surface area contributed by atoms with Crippen molar-refractivity contribution in [3.8, 4) is 5.75 Å². The molecule has 0 bridgehead atoms. The molecule has 0 radical (unpaired) electrons. The van der Waals surface area contributed by atoms with E-state index in [0.29, 0.717) is 11.1 Å². The summed E-state index contributed by atoms with van der Waals surface area (Å²) < 4.78 is 105. The zero-order chi connectivity index (χ0) is 27.5. The van der Waals surface area contributed by atoms with Crippen molar-refractivity contribution in [2.24, 2.45) is 0 Å². The maximum absolute atomic E-state index is 15.8. The fourth-order valence-electron chi connectivity index (χ4n) is 4.19. The highest BCUT2D eigenvalue weighted by Crippen LogP contribution is 2.47. The van der Waals surface area contributed by atoms with Gasteiger partial charge in [0.05, 0.1) is 13.2 Å². The lowest BCUT2D eigenvalue weighted by Gasteiger charge is -2.39. The Morgan fingerprint density at radius 2 is 1.34 bits per heavy atom. The highest BCUT2D eigenvalue weighted by molar-refractivity contribution is 7.88. The number of alkyl halides is 2. The Morgan fingerprint density at radius 1 is 0.914 bits per heavy atom. The van der Waals surface area contributed by atoms with Crippen molar-refractivity contribution in [2.45, 2.75) is 95.4 Å². The molecular weight excluding hydrogens is 506 g/mol. The minimum absolute atomic E-state index is 0.0719. The molecule has 1 atom stereocenters. The van der Waals surface area contributed by atoms with E-state index in [4.69, 9.17) is 13.7 Å². The fourth-order valence-corrected chi connectivity index (χ4v) is 7.04. The summed E-state index contributed by atoms with van der Waals surface area (Å²) in [5, 5.41) is -2.55. The second-order valence-corrected chi connectivity index (χ2v) is 13.0. The molecule has 0 aliphatic carbocycles. The molecular formula is C23H38F2O8S2. The SMILES string of the molecule is CCC(C(F)(F)C(CC)(CC)S(=O)(=O)O)S(=O)(=O)Oc1c(COC)cc(C(C)(C)C)cc1COC. The summed E-state index contributed by atoms with van der Waals surface area (Å²) in [5.41, 5.74) is 1.10. The van der Waals surface area contributed by atoms with Crippen LogP contribution in [0.3, 0.4) is 0 Å². The van der Waals surface area contributed by atoms with Crippen LogP contribution < -0.4 is 4.18 Å². The van der Waals surface area contributed by atoms with E-state index in [9.17, 15) is 21.4 Å². The third-order valence-corrected chi connectivity index (χ3v) is 9.84. The molecule has 0 amide bonds. The average molecular weight is 545 g/mol. The lowest BCUT2D eigenvalue weighted by molar-refractivity contribution is -0.0541. The lowest BCUT2D eigenvalue weighted by atomic mass is 9.85. The third-order valence-electron chi connectivity index (χ3n) is 6.28. The van der Waals surface area contributed by atoms with E-state index in [1.165, 1.54) is 21.1 Å². The van der Waals surface area contributed by atoms with Gasteiger partial charge in [0.2, 0.25) is 0 Å². The standard InChI is InChI=1S/C23H38F2O8S2/c1-9-19(23(24,25)22(10-2,11-3)35(28,29)30)34(26,27)33-20-16(14-31-7)12-18(21(4,5)6)13-17(20)15-32-8/h12-13,19H,9-11,14-15H2,1-8H3,(H,28,29,30). The van der Waals surface area contributed by atoms with E-state index in [0.717, 1.165) is 19.4 Å². The molecule has 0 spiro atoms. The Labute approximate surface area is 208 Å². The summed E-state index contributed by atoms with van der Waals surface area (Å²) in [5.74, 6) is -4.58. The van der Waals surface area contributed by atoms with E-state index >= 15 is 8.78 Å². The Kier molecular flexibility index (Phi) is 10.3. The van der Waals surface area contributed by atoms with Crippen LogP contribution in [-0.4, -0.2) is 51.5 Å². The third kappa shape index (κ3) is 6.33. The number of benzene rings is 1. The second kappa shape index (κ2) is 11.4. The van der Waals surface area contributed by atoms with Crippen molar-refractivity contribution >= 4 is 20.2 Å². The Balaban J connectivity index is 3.80. The summed E-state index contributed by atoms with van der Waals surface area (Å²) >= 11 is 0. The Bertz CT molecular complexity index is 1050. The molecule has 1 aromatic carbocycles. The molecule has 35 heavy (non-hydrogen) atoms. The summed E-state index contributed by atoms with van der Waals surface area (Å²) in [4.78, 5) is 0. The maximum Gasteiger partial charge on any atom is 0.318 e. The van der Waals surface area contributed by atoms with Crippen LogP contribution in [0.4, 0.5) is 8.78 Å². The predicted octanol–water partition coefficient (Wildman–Crippen LogP) is 4.85. The van der Waals surface area contributed by atoms with Crippen molar-refractivity contribution in [3.05, 3.63) is 28.8 Å². The van der Waals surface area contributed by atoms with Gasteiger partial charge in [-0.3, -0.25) is 4.55 Å². The van der Waals surface area contributed by atoms with Gasteiger partial charge in [-0.1, -0.05) is 41.5 Å². The molecule has 1 unspecified atom stereocenters. The number of rotatable bonds is 13. The van der Waals surface area contributed by atoms with E-state index < -0.39 is 55.4 Å². The van der Waals surface area contributed by atoms with Gasteiger partial charge >= 0.3 is 10.1 Å². The number of hydrogen-bond acceptors (Lipinski definition) is 7. The molecule has 12 heteroatoms. The first-order valence-electron chi connectivity index (χ1n) is 11.3. The van der Waals surface area contributed by atoms with Gasteiger partial charge in [0.25, 0.3) is 16.0 Å². The highest BCUT2D eigenvalue weighted by atomic mass is 32.2. The molecule has 1 N–H and O–H groups in total. The predicted molar refractivity (Wildman–Crippen MR) is 130 cm³/mol. The zero-order valence-corrected chi connectivity index (χ0v) is 23.3. The highest BCUT2D eigenvalue weighted by Gasteiger charge is 2.66. The number of methoxy groups -OCH3 is 2. The van der Waals surface area contributed by atoms with Crippen molar-refractivity contribution in [1.29, 1.82) is 0 Å². The van der Waals surface area contributed by atoms with Crippen LogP contribution in [0.1, 0.15) is 77.5 Å². The van der Waals surface area contributed by atoms with Crippen molar-refractivity contribution in [1.82, 2.24) is 0 Å². The molecule has 0 aliphatic heterocycles. The summed E-state index contributed by atoms with van der Waals surface area (Å²) in [6.45, 7) is 9.21. The largest absolute Gasteiger partial charge is 0.381 e. The number of ether oxygens (including phenoxy) is 2. The van der Waals surface area contributed by atoms with Crippen LogP contribution in [-0.2, 0) is 48.3 Å². The van der Waals surface area contributed by atoms with Gasteiger partial charge in [0, 0.05) is 25.3 Å². The molecule has 0 saturated heterocycles. The normalized spacial score (nSPS) is 14.7. The minimum Gasteiger partial charge on any atom is -0.381 e. The maximum atomic E-state index is 15.8. The van der Waals surface area contributed by atoms with Gasteiger partial charge in [-0.25, -0.2) is 8.78 Å². The van der Waals surface area contributed by atoms with E-state index in [2.05, 4.69) is 0 Å². The van der Waals surface area contributed by atoms with Gasteiger partial charge in [0.1, 0.15) is 0 Å². The van der Waals surface area contributed by atoms with Gasteiger partial charge in [-0.15, -0.1) is 0 Å². The minimum atomic E-state index is -5.34. The molecule has 0 fully saturated rings. The molecule has 1 aromatic rings. The van der Waals surface area contributed by atoms with Gasteiger partial charge < -0.3 is 13.7 Å². The summed E-state index contributed by atoms with van der Waals surface area (Å²) in [6.07, 6.45) is -2.07. The van der Waals surface area contributed by atoms with Crippen LogP contribution in [0.15, 0.2) is 12.1 Å². The van der Waals surface area contributed by atoms with E-state index in [1.54, 1.807) is 12.1 Å². The molecule has 0 aromatic heterocycles. The van der Waals surface area contributed by atoms with Crippen LogP contribution in [0.25, 0.3) is 0 Å². The molecule has 0 saturated carbocycles. The molecule has 204 valence electrons. The lowest BCUT2D eigenvalue weighted by Crippen LogP contribution is -2.61. The zero-order valence-electron chi connectivity index (χ0n) is 21.6. The first kappa shape index (κ1) is 31.7. The first-order chi connectivity index (χ1) is 15.9. The monoisotopic (exact) mass is 544 g/mol. The van der Waals surface area contributed by atoms with E-state index in [1.807, 2.05) is 20.8 Å². The van der Waals surface area contributed by atoms with Crippen LogP contribution in [0, 0.1) is 0 Å². The van der Waals surface area contributed by atoms with Gasteiger partial charge in [0.15, 0.2) is 15.7 Å². The average Bonchev–Trinajstić information content (AvgIpc) is 2.69. The van der Waals surface area contributed by atoms with Crippen LogP contribution in [0.2, 0.25) is 0 Å². The second-order valence-electron chi connectivity index (χ2n) is 9.51. The van der Waals surface area contributed by atoms with Crippen LogP contribution in [0.5, 0.6) is 5.75 Å². The fraction of sp³-hybridized carbons (Fsp3) is 0.739. The van der Waals surface area contributed by atoms with Gasteiger partial charge in [-0.05, 0) is 42.4 Å². The number of hydrogen-bond donors (Lipinski definition) is 1. The van der Waals surface area contributed by atoms with Crippen molar-refractivity contribution in [2.75, 3.05) is 14.2 Å². The number of halogens is 2. The van der Waals surface area contributed by atoms with Crippen molar-refractivity contribution < 1.29 is 43.8 Å². The quantitative estimate of drug-likeness (QED) is 0.277. The Hall–Kier alpha value is -1.34.